The minimum absolute atomic E-state index is 0.0643. The van der Waals surface area contributed by atoms with Crippen LogP contribution < -0.4 is 0 Å². The van der Waals surface area contributed by atoms with Crippen LogP contribution in [-0.2, 0) is 17.6 Å². The normalized spacial score (nSPS) is 23.6. The molecule has 4 aromatic rings. The van der Waals surface area contributed by atoms with E-state index in [0.29, 0.717) is 56.2 Å². The number of amides is 1. The third kappa shape index (κ3) is 8.06. The largest absolute Gasteiger partial charge is 0.450 e. The van der Waals surface area contributed by atoms with Crippen LogP contribution in [0.15, 0.2) is 102 Å². The second-order valence-electron chi connectivity index (χ2n) is 14.6. The van der Waals surface area contributed by atoms with Gasteiger partial charge in [0.1, 0.15) is 0 Å². The maximum atomic E-state index is 14.9. The predicted octanol–water partition coefficient (Wildman–Crippen LogP) is 9.39. The summed E-state index contributed by atoms with van der Waals surface area (Å²) in [6.45, 7) is 6.93. The Labute approximate surface area is 306 Å². The van der Waals surface area contributed by atoms with Gasteiger partial charge in [-0.1, -0.05) is 91.4 Å². The first kappa shape index (κ1) is 36.7. The maximum Gasteiger partial charge on any atom is 0.409 e. The zero-order valence-electron chi connectivity index (χ0n) is 30.1. The highest BCUT2D eigenvalue weighted by molar-refractivity contribution is 7.09. The summed E-state index contributed by atoms with van der Waals surface area (Å²) >= 11 is 1.66. The average Bonchev–Trinajstić information content (AvgIpc) is 3.75. The van der Waals surface area contributed by atoms with Gasteiger partial charge >= 0.3 is 6.09 Å². The van der Waals surface area contributed by atoms with Gasteiger partial charge in [0.05, 0.1) is 24.9 Å². The Kier molecular flexibility index (Phi) is 11.6. The van der Waals surface area contributed by atoms with Crippen molar-refractivity contribution in [2.24, 2.45) is 5.41 Å². The van der Waals surface area contributed by atoms with Gasteiger partial charge < -0.3 is 19.8 Å². The van der Waals surface area contributed by atoms with Gasteiger partial charge in [-0.3, -0.25) is 4.79 Å². The Morgan fingerprint density at radius 3 is 2.51 bits per heavy atom. The predicted molar refractivity (Wildman–Crippen MR) is 205 cm³/mol. The molecule has 3 aliphatic carbocycles. The molecule has 1 saturated carbocycles. The number of fused-ring (bicyclic) bond motifs is 8. The van der Waals surface area contributed by atoms with Gasteiger partial charge in [-0.2, -0.15) is 0 Å². The van der Waals surface area contributed by atoms with Gasteiger partial charge in [0.15, 0.2) is 5.78 Å². The summed E-state index contributed by atoms with van der Waals surface area (Å²) in [7, 11) is 0. The molecule has 0 unspecified atom stereocenters. The van der Waals surface area contributed by atoms with Crippen molar-refractivity contribution in [3.63, 3.8) is 0 Å². The average molecular weight is 706 g/mol. The molecular weight excluding hydrogens is 655 g/mol. The van der Waals surface area contributed by atoms with Gasteiger partial charge in [0, 0.05) is 28.0 Å². The van der Waals surface area contributed by atoms with E-state index in [1.54, 1.807) is 23.2 Å². The molecule has 2 bridgehead atoms. The van der Waals surface area contributed by atoms with Crippen LogP contribution in [0.25, 0.3) is 11.1 Å². The number of ether oxygens (including phenoxy) is 1. The third-order valence-electron chi connectivity index (χ3n) is 11.4. The van der Waals surface area contributed by atoms with E-state index < -0.39 is 23.2 Å². The number of carbonyl (C=O) groups excluding carboxylic acids is 2. The quantitative estimate of drug-likeness (QED) is 0.134. The van der Waals surface area contributed by atoms with E-state index in [1.807, 2.05) is 72.1 Å². The van der Waals surface area contributed by atoms with Crippen LogP contribution in [-0.4, -0.2) is 58.4 Å². The first-order valence-corrected chi connectivity index (χ1v) is 19.3. The van der Waals surface area contributed by atoms with E-state index in [-0.39, 0.29) is 24.9 Å². The lowest BCUT2D eigenvalue weighted by atomic mass is 9.64. The Balaban J connectivity index is 1.44. The summed E-state index contributed by atoms with van der Waals surface area (Å²) in [5, 5.41) is 26.0. The summed E-state index contributed by atoms with van der Waals surface area (Å²) in [4.78, 5) is 31.2. The van der Waals surface area contributed by atoms with E-state index in [4.69, 9.17) is 4.74 Å². The van der Waals surface area contributed by atoms with Crippen molar-refractivity contribution in [1.82, 2.24) is 4.90 Å². The molecule has 3 aliphatic rings. The van der Waals surface area contributed by atoms with E-state index in [0.717, 1.165) is 35.1 Å². The van der Waals surface area contributed by atoms with Crippen molar-refractivity contribution in [2.45, 2.75) is 89.8 Å². The number of hydrogen-bond acceptors (Lipinski definition) is 6. The molecule has 0 saturated heterocycles. The lowest BCUT2D eigenvalue weighted by Crippen LogP contribution is -2.54. The molecule has 1 fully saturated rings. The fourth-order valence-corrected chi connectivity index (χ4v) is 9.06. The first-order valence-electron chi connectivity index (χ1n) is 18.4. The number of rotatable bonds is 9. The summed E-state index contributed by atoms with van der Waals surface area (Å²) in [5.74, 6) is -0.215. The molecule has 3 aromatic carbocycles. The van der Waals surface area contributed by atoms with Crippen LogP contribution >= 0.6 is 11.3 Å². The molecule has 0 radical (unpaired) electrons. The van der Waals surface area contributed by atoms with Gasteiger partial charge in [-0.25, -0.2) is 4.79 Å². The van der Waals surface area contributed by atoms with Gasteiger partial charge in [-0.05, 0) is 111 Å². The first-order chi connectivity index (χ1) is 24.6. The minimum Gasteiger partial charge on any atom is -0.450 e. The SMILES string of the molecule is CCOC(=O)N(CCc1cccs1)C[C@]1(O)CC[C@H]2c3ccc(cc3C(=O)c3ccccc3-c3ccccc3)C[C@@H](O)CCC(C)=CCC[C@@]21C. The zero-order chi connectivity index (χ0) is 36.0. The highest BCUT2D eigenvalue weighted by Crippen LogP contribution is 2.59. The van der Waals surface area contributed by atoms with E-state index in [1.165, 1.54) is 10.5 Å². The number of aliphatic hydroxyl groups excluding tert-OH is 1. The van der Waals surface area contributed by atoms with Crippen LogP contribution in [0.4, 0.5) is 4.79 Å². The molecule has 1 amide bonds. The number of hydrogen-bond donors (Lipinski definition) is 2. The van der Waals surface area contributed by atoms with E-state index >= 15 is 0 Å². The standard InChI is InChI=1S/C44H51NO5S/c1-4-50-42(48)45(26-23-35-15-11-27-51-35)30-44(49)25-22-40-37-21-19-32(28-34(46)20-18-31(2)12-10-24-43(40,44)3)29-39(37)41(47)38-17-9-8-16-36(38)33-13-6-5-7-14-33/h5-9,11-17,19,21,27,29,34,40,46,49H,4,10,18,20,22-26,28,30H2,1-3H3/t34-,40-,43-,44+/m0/s1. The maximum absolute atomic E-state index is 14.9. The molecule has 6 nitrogen and oxygen atoms in total. The lowest BCUT2D eigenvalue weighted by Gasteiger charge is -2.46. The number of nitrogens with zero attached hydrogens (tertiary/aromatic N) is 1. The van der Waals surface area contributed by atoms with Crippen LogP contribution in [0.2, 0.25) is 0 Å². The molecule has 1 heterocycles. The lowest BCUT2D eigenvalue weighted by molar-refractivity contribution is -0.0807. The number of allylic oxidation sites excluding steroid dienone is 2. The summed E-state index contributed by atoms with van der Waals surface area (Å²) in [5.41, 5.74) is 4.25. The second-order valence-corrected chi connectivity index (χ2v) is 15.7. The molecule has 7 heteroatoms. The van der Waals surface area contributed by atoms with Crippen molar-refractivity contribution >= 4 is 23.2 Å². The molecule has 7 rings (SSSR count). The molecule has 4 atom stereocenters. The summed E-state index contributed by atoms with van der Waals surface area (Å²) in [6, 6.07) is 27.9. The smallest absolute Gasteiger partial charge is 0.409 e. The topological polar surface area (TPSA) is 87.1 Å². The number of benzene rings is 3. The molecule has 2 N–H and O–H groups in total. The van der Waals surface area contributed by atoms with Gasteiger partial charge in [-0.15, -0.1) is 11.3 Å². The Morgan fingerprint density at radius 1 is 0.961 bits per heavy atom. The van der Waals surface area contributed by atoms with Crippen molar-refractivity contribution < 1.29 is 24.5 Å². The second kappa shape index (κ2) is 16.1. The minimum atomic E-state index is -1.23. The van der Waals surface area contributed by atoms with E-state index in [2.05, 4.69) is 38.1 Å². The summed E-state index contributed by atoms with van der Waals surface area (Å²) < 4.78 is 5.53. The molecule has 1 aromatic heterocycles. The molecule has 0 aliphatic heterocycles. The fourth-order valence-electron chi connectivity index (χ4n) is 8.36. The van der Waals surface area contributed by atoms with Crippen molar-refractivity contribution in [3.05, 3.63) is 129 Å². The zero-order valence-corrected chi connectivity index (χ0v) is 31.0. The van der Waals surface area contributed by atoms with Crippen LogP contribution in [0.5, 0.6) is 0 Å². The fraction of sp³-hybridized carbons (Fsp3) is 0.409. The number of carbonyl (C=O) groups is 2. The van der Waals surface area contributed by atoms with Crippen molar-refractivity contribution in [3.8, 4) is 11.1 Å². The van der Waals surface area contributed by atoms with Crippen molar-refractivity contribution in [2.75, 3.05) is 19.7 Å². The van der Waals surface area contributed by atoms with Crippen LogP contribution in [0.3, 0.4) is 0 Å². The monoisotopic (exact) mass is 705 g/mol. The Bertz CT molecular complexity index is 1840. The molecule has 268 valence electrons. The Morgan fingerprint density at radius 2 is 1.75 bits per heavy atom. The molecular formula is C44H51NO5S. The number of ketones is 1. The van der Waals surface area contributed by atoms with Crippen molar-refractivity contribution in [1.29, 1.82) is 0 Å². The van der Waals surface area contributed by atoms with E-state index in [9.17, 15) is 19.8 Å². The van der Waals surface area contributed by atoms with Gasteiger partial charge in [0.25, 0.3) is 0 Å². The third-order valence-corrected chi connectivity index (χ3v) is 12.3. The highest BCUT2D eigenvalue weighted by Gasteiger charge is 2.57. The van der Waals surface area contributed by atoms with Gasteiger partial charge in [0.2, 0.25) is 0 Å². The summed E-state index contributed by atoms with van der Waals surface area (Å²) in [6.07, 6.45) is 6.42. The molecule has 51 heavy (non-hydrogen) atoms. The van der Waals surface area contributed by atoms with Crippen LogP contribution in [0, 0.1) is 5.41 Å². The number of aliphatic hydroxyl groups is 2. The molecule has 0 spiro atoms. The van der Waals surface area contributed by atoms with Crippen LogP contribution in [0.1, 0.15) is 97.1 Å². The number of thiophene rings is 1. The highest BCUT2D eigenvalue weighted by atomic mass is 32.1. The Hall–Kier alpha value is -4.04.